The Morgan fingerprint density at radius 3 is 2.79 bits per heavy atom. The minimum atomic E-state index is -0.278. The molecule has 0 N–H and O–H groups in total. The van der Waals surface area contributed by atoms with E-state index < -0.39 is 0 Å². The van der Waals surface area contributed by atoms with E-state index in [9.17, 15) is 9.18 Å². The van der Waals surface area contributed by atoms with Crippen molar-refractivity contribution >= 4 is 5.91 Å². The molecule has 0 aromatic heterocycles. The highest BCUT2D eigenvalue weighted by Crippen LogP contribution is 2.19. The first kappa shape index (κ1) is 17.2. The van der Waals surface area contributed by atoms with Gasteiger partial charge in [0.25, 0.3) is 0 Å². The number of hydrogen-bond donors (Lipinski definition) is 0. The van der Waals surface area contributed by atoms with Gasteiger partial charge in [0.05, 0.1) is 0 Å². The predicted molar refractivity (Wildman–Crippen MR) is 90.6 cm³/mol. The van der Waals surface area contributed by atoms with Gasteiger partial charge in [0, 0.05) is 58.3 Å². The fraction of sp³-hybridized carbons (Fsp3) is 0.611. The molecule has 0 saturated carbocycles. The van der Waals surface area contributed by atoms with Crippen LogP contribution in [0.2, 0.25) is 0 Å². The number of nitrogens with zero attached hydrogens (tertiary/aromatic N) is 3. The number of piperazine rings is 1. The van der Waals surface area contributed by atoms with Crippen molar-refractivity contribution in [3.8, 4) is 5.75 Å². The van der Waals surface area contributed by atoms with Crippen LogP contribution in [0.15, 0.2) is 24.3 Å². The molecule has 0 radical (unpaired) electrons. The second-order valence-corrected chi connectivity index (χ2v) is 6.72. The molecule has 2 heterocycles. The van der Waals surface area contributed by atoms with E-state index >= 15 is 0 Å². The third-order valence-electron chi connectivity index (χ3n) is 4.83. The number of hydrogen-bond acceptors (Lipinski definition) is 4. The van der Waals surface area contributed by atoms with Gasteiger partial charge in [0.1, 0.15) is 17.7 Å². The predicted octanol–water partition coefficient (Wildman–Crippen LogP) is 1.44. The van der Waals surface area contributed by atoms with Crippen LogP contribution in [0.4, 0.5) is 4.39 Å². The number of halogens is 1. The zero-order valence-electron chi connectivity index (χ0n) is 14.3. The van der Waals surface area contributed by atoms with Crippen LogP contribution in [-0.4, -0.2) is 79.6 Å². The molecule has 2 saturated heterocycles. The van der Waals surface area contributed by atoms with E-state index in [1.54, 1.807) is 12.1 Å². The van der Waals surface area contributed by atoms with Crippen molar-refractivity contribution in [1.29, 1.82) is 0 Å². The Labute approximate surface area is 143 Å². The van der Waals surface area contributed by atoms with E-state index in [4.69, 9.17) is 4.74 Å². The number of benzene rings is 1. The van der Waals surface area contributed by atoms with Crippen molar-refractivity contribution in [2.24, 2.45) is 0 Å². The number of carbonyl (C=O) groups excluding carboxylic acids is 1. The zero-order valence-corrected chi connectivity index (χ0v) is 14.3. The standard InChI is InChI=1S/C18H26FN3O2/c1-20-9-11-22(12-10-20)18(23)6-8-21-7-5-17(14-21)24-16-4-2-3-15(19)13-16/h2-4,13,17H,5-12,14H2,1H3/t17-/m0/s1. The maximum absolute atomic E-state index is 13.2. The molecule has 0 aliphatic carbocycles. The molecule has 2 fully saturated rings. The molecule has 0 spiro atoms. The highest BCUT2D eigenvalue weighted by molar-refractivity contribution is 5.76. The first-order chi connectivity index (χ1) is 11.6. The van der Waals surface area contributed by atoms with Crippen molar-refractivity contribution in [3.05, 3.63) is 30.1 Å². The lowest BCUT2D eigenvalue weighted by molar-refractivity contribution is -0.133. The fourth-order valence-electron chi connectivity index (χ4n) is 3.30. The molecule has 2 aliphatic heterocycles. The Hall–Kier alpha value is -1.66. The minimum absolute atomic E-state index is 0.0746. The van der Waals surface area contributed by atoms with Gasteiger partial charge in [-0.15, -0.1) is 0 Å². The number of likely N-dealkylation sites (N-methyl/N-ethyl adjacent to an activating group) is 1. The maximum atomic E-state index is 13.2. The molecular formula is C18H26FN3O2. The molecule has 24 heavy (non-hydrogen) atoms. The Balaban J connectivity index is 1.39. The smallest absolute Gasteiger partial charge is 0.223 e. The molecule has 2 aliphatic rings. The Morgan fingerprint density at radius 1 is 1.25 bits per heavy atom. The van der Waals surface area contributed by atoms with Gasteiger partial charge in [-0.1, -0.05) is 6.07 Å². The van der Waals surface area contributed by atoms with Gasteiger partial charge in [-0.2, -0.15) is 0 Å². The number of ether oxygens (including phenoxy) is 1. The summed E-state index contributed by atoms with van der Waals surface area (Å²) in [5.41, 5.74) is 0. The fourth-order valence-corrected chi connectivity index (χ4v) is 3.30. The molecule has 0 bridgehead atoms. The lowest BCUT2D eigenvalue weighted by Crippen LogP contribution is -2.47. The lowest BCUT2D eigenvalue weighted by Gasteiger charge is -2.32. The van der Waals surface area contributed by atoms with Crippen LogP contribution in [0.5, 0.6) is 5.75 Å². The minimum Gasteiger partial charge on any atom is -0.489 e. The van der Waals surface area contributed by atoms with Gasteiger partial charge < -0.3 is 14.5 Å². The summed E-state index contributed by atoms with van der Waals surface area (Å²) < 4.78 is 19.0. The van der Waals surface area contributed by atoms with E-state index in [1.807, 2.05) is 4.90 Å². The van der Waals surface area contributed by atoms with Crippen molar-refractivity contribution in [2.75, 3.05) is 52.9 Å². The Kier molecular flexibility index (Phi) is 5.68. The van der Waals surface area contributed by atoms with Gasteiger partial charge in [-0.3, -0.25) is 9.69 Å². The topological polar surface area (TPSA) is 36.0 Å². The highest BCUT2D eigenvalue weighted by atomic mass is 19.1. The summed E-state index contributed by atoms with van der Waals surface area (Å²) in [5.74, 6) is 0.549. The van der Waals surface area contributed by atoms with Crippen LogP contribution < -0.4 is 4.74 Å². The second-order valence-electron chi connectivity index (χ2n) is 6.72. The summed E-state index contributed by atoms with van der Waals surface area (Å²) in [7, 11) is 2.09. The first-order valence-electron chi connectivity index (χ1n) is 8.71. The van der Waals surface area contributed by atoms with E-state index in [1.165, 1.54) is 12.1 Å². The quantitative estimate of drug-likeness (QED) is 0.816. The molecular weight excluding hydrogens is 309 g/mol. The van der Waals surface area contributed by atoms with E-state index in [0.29, 0.717) is 12.2 Å². The van der Waals surface area contributed by atoms with Crippen molar-refractivity contribution in [1.82, 2.24) is 14.7 Å². The summed E-state index contributed by atoms with van der Waals surface area (Å²) in [4.78, 5) is 18.8. The molecule has 5 nitrogen and oxygen atoms in total. The first-order valence-corrected chi connectivity index (χ1v) is 8.71. The molecule has 6 heteroatoms. The van der Waals surface area contributed by atoms with Crippen LogP contribution in [0.3, 0.4) is 0 Å². The zero-order chi connectivity index (χ0) is 16.9. The summed E-state index contributed by atoms with van der Waals surface area (Å²) in [5, 5.41) is 0. The molecule has 1 atom stereocenters. The normalized spacial score (nSPS) is 22.8. The second kappa shape index (κ2) is 7.94. The molecule has 1 aromatic carbocycles. The molecule has 0 unspecified atom stereocenters. The Morgan fingerprint density at radius 2 is 2.04 bits per heavy atom. The third kappa shape index (κ3) is 4.68. The molecule has 132 valence electrons. The van der Waals surface area contributed by atoms with Crippen molar-refractivity contribution < 1.29 is 13.9 Å². The maximum Gasteiger partial charge on any atom is 0.223 e. The number of amides is 1. The van der Waals surface area contributed by atoms with Crippen LogP contribution in [0.1, 0.15) is 12.8 Å². The third-order valence-corrected chi connectivity index (χ3v) is 4.83. The SMILES string of the molecule is CN1CCN(C(=O)CCN2CC[C@H](Oc3cccc(F)c3)C2)CC1. The number of likely N-dealkylation sites (tertiary alicyclic amines) is 1. The van der Waals surface area contributed by atoms with Crippen LogP contribution in [0.25, 0.3) is 0 Å². The van der Waals surface area contributed by atoms with Crippen LogP contribution >= 0.6 is 0 Å². The highest BCUT2D eigenvalue weighted by Gasteiger charge is 2.25. The average molecular weight is 335 g/mol. The summed E-state index contributed by atoms with van der Waals surface area (Å²) in [6, 6.07) is 6.27. The van der Waals surface area contributed by atoms with E-state index in [-0.39, 0.29) is 17.8 Å². The van der Waals surface area contributed by atoms with E-state index in [0.717, 1.165) is 52.2 Å². The summed E-state index contributed by atoms with van der Waals surface area (Å²) >= 11 is 0. The van der Waals surface area contributed by atoms with Gasteiger partial charge in [-0.05, 0) is 25.6 Å². The summed E-state index contributed by atoms with van der Waals surface area (Å²) in [6.45, 7) is 6.08. The summed E-state index contributed by atoms with van der Waals surface area (Å²) in [6.07, 6.45) is 1.56. The van der Waals surface area contributed by atoms with Crippen LogP contribution in [0, 0.1) is 5.82 Å². The average Bonchev–Trinajstić information content (AvgIpc) is 3.01. The van der Waals surface area contributed by atoms with Crippen molar-refractivity contribution in [3.63, 3.8) is 0 Å². The van der Waals surface area contributed by atoms with E-state index in [2.05, 4.69) is 16.8 Å². The van der Waals surface area contributed by atoms with Crippen LogP contribution in [-0.2, 0) is 4.79 Å². The van der Waals surface area contributed by atoms with Gasteiger partial charge in [0.2, 0.25) is 5.91 Å². The number of rotatable bonds is 5. The largest absolute Gasteiger partial charge is 0.489 e. The van der Waals surface area contributed by atoms with Gasteiger partial charge in [-0.25, -0.2) is 4.39 Å². The molecule has 1 aromatic rings. The molecule has 1 amide bonds. The Bertz CT molecular complexity index is 561. The van der Waals surface area contributed by atoms with Gasteiger partial charge >= 0.3 is 0 Å². The van der Waals surface area contributed by atoms with Gasteiger partial charge in [0.15, 0.2) is 0 Å². The number of carbonyl (C=O) groups is 1. The molecule has 3 rings (SSSR count). The lowest BCUT2D eigenvalue weighted by atomic mass is 10.3. The monoisotopic (exact) mass is 335 g/mol. The van der Waals surface area contributed by atoms with Crippen molar-refractivity contribution in [2.45, 2.75) is 18.9 Å².